The van der Waals surface area contributed by atoms with E-state index in [1.165, 1.54) is 17.7 Å². The number of allylic oxidation sites excluding steroid dienone is 4. The lowest BCUT2D eigenvalue weighted by atomic mass is 10.1. The van der Waals surface area contributed by atoms with Gasteiger partial charge in [0.15, 0.2) is 0 Å². The second kappa shape index (κ2) is 7.50. The van der Waals surface area contributed by atoms with Crippen molar-refractivity contribution in [2.24, 2.45) is 19.8 Å². The number of fused-ring (bicyclic) bond motifs is 1. The molecule has 2 aromatic heterocycles. The van der Waals surface area contributed by atoms with Crippen molar-refractivity contribution in [1.29, 1.82) is 0 Å². The summed E-state index contributed by atoms with van der Waals surface area (Å²) in [6.45, 7) is 1.71. The van der Waals surface area contributed by atoms with Gasteiger partial charge in [0.2, 0.25) is 0 Å². The summed E-state index contributed by atoms with van der Waals surface area (Å²) in [6, 6.07) is 1.89. The Hall–Kier alpha value is -2.32. The summed E-state index contributed by atoms with van der Waals surface area (Å²) in [7, 11) is 3.11. The topological polar surface area (TPSA) is 78.2 Å². The van der Waals surface area contributed by atoms with Crippen LogP contribution in [0.1, 0.15) is 25.7 Å². The fourth-order valence-corrected chi connectivity index (χ4v) is 4.46. The van der Waals surface area contributed by atoms with Crippen molar-refractivity contribution in [2.45, 2.75) is 38.3 Å². The zero-order valence-corrected chi connectivity index (χ0v) is 17.4. The molecule has 29 heavy (non-hydrogen) atoms. The van der Waals surface area contributed by atoms with Gasteiger partial charge >= 0.3 is 5.69 Å². The van der Waals surface area contributed by atoms with E-state index in [9.17, 15) is 14.0 Å². The van der Waals surface area contributed by atoms with E-state index in [1.807, 2.05) is 10.6 Å². The number of nitrogens with zero attached hydrogens (tertiary/aromatic N) is 4. The zero-order chi connectivity index (χ0) is 20.9. The first-order valence-electron chi connectivity index (χ1n) is 9.81. The van der Waals surface area contributed by atoms with Crippen molar-refractivity contribution in [2.75, 3.05) is 18.0 Å². The number of piperidine rings is 1. The highest BCUT2D eigenvalue weighted by atomic mass is 35.5. The van der Waals surface area contributed by atoms with Gasteiger partial charge in [-0.25, -0.2) is 9.18 Å². The molecule has 1 atom stereocenters. The second-order valence-electron chi connectivity index (χ2n) is 7.90. The third kappa shape index (κ3) is 3.44. The third-order valence-corrected chi connectivity index (χ3v) is 6.30. The van der Waals surface area contributed by atoms with E-state index in [1.54, 1.807) is 7.05 Å². The highest BCUT2D eigenvalue weighted by Crippen LogP contribution is 2.32. The number of aromatic nitrogens is 3. The molecule has 0 spiro atoms. The van der Waals surface area contributed by atoms with Crippen molar-refractivity contribution in [3.8, 4) is 0 Å². The quantitative estimate of drug-likeness (QED) is 0.823. The van der Waals surface area contributed by atoms with Crippen LogP contribution in [0.15, 0.2) is 38.2 Å². The highest BCUT2D eigenvalue weighted by Gasteiger charge is 2.25. The van der Waals surface area contributed by atoms with Crippen molar-refractivity contribution in [3.63, 3.8) is 0 Å². The molecule has 2 N–H and O–H groups in total. The Morgan fingerprint density at radius 1 is 1.24 bits per heavy atom. The van der Waals surface area contributed by atoms with Gasteiger partial charge in [-0.15, -0.1) is 0 Å². The van der Waals surface area contributed by atoms with Gasteiger partial charge in [-0.05, 0) is 30.9 Å². The summed E-state index contributed by atoms with van der Waals surface area (Å²) in [5.74, 6) is 0.576. The van der Waals surface area contributed by atoms with Gasteiger partial charge in [0.25, 0.3) is 5.56 Å². The lowest BCUT2D eigenvalue weighted by molar-refractivity contribution is 0.498. The van der Waals surface area contributed by atoms with Crippen LogP contribution in [0.5, 0.6) is 0 Å². The van der Waals surface area contributed by atoms with Crippen molar-refractivity contribution in [3.05, 3.63) is 49.4 Å². The number of hydrogen-bond donors (Lipinski definition) is 1. The number of aryl methyl sites for hydroxylation is 1. The number of hydrogen-bond acceptors (Lipinski definition) is 4. The fourth-order valence-electron chi connectivity index (χ4n) is 4.25. The monoisotopic (exact) mass is 421 g/mol. The molecule has 0 unspecified atom stereocenters. The van der Waals surface area contributed by atoms with E-state index in [-0.39, 0.29) is 29.7 Å². The molecular weight excluding hydrogens is 397 g/mol. The molecule has 0 amide bonds. The average molecular weight is 422 g/mol. The molecule has 156 valence electrons. The van der Waals surface area contributed by atoms with Gasteiger partial charge in [0.1, 0.15) is 17.2 Å². The van der Waals surface area contributed by atoms with Crippen molar-refractivity contribution < 1.29 is 4.39 Å². The maximum Gasteiger partial charge on any atom is 0.331 e. The van der Waals surface area contributed by atoms with Crippen LogP contribution >= 0.6 is 11.6 Å². The molecule has 7 nitrogen and oxygen atoms in total. The van der Waals surface area contributed by atoms with Gasteiger partial charge < -0.3 is 15.2 Å². The number of rotatable bonds is 3. The first kappa shape index (κ1) is 20.0. The molecule has 0 bridgehead atoms. The summed E-state index contributed by atoms with van der Waals surface area (Å²) in [4.78, 5) is 27.6. The van der Waals surface area contributed by atoms with Crippen LogP contribution in [0.2, 0.25) is 0 Å². The largest absolute Gasteiger partial charge is 0.356 e. The maximum atomic E-state index is 13.9. The van der Waals surface area contributed by atoms with Crippen LogP contribution in [0.4, 0.5) is 10.2 Å². The lowest BCUT2D eigenvalue weighted by Crippen LogP contribution is -2.43. The fraction of sp³-hybridized carbons (Fsp3) is 0.500. The molecular formula is C20H25ClFN5O2. The zero-order valence-electron chi connectivity index (χ0n) is 16.6. The minimum absolute atomic E-state index is 0.0386. The highest BCUT2D eigenvalue weighted by molar-refractivity contribution is 6.30. The van der Waals surface area contributed by atoms with Gasteiger partial charge in [-0.2, -0.15) is 0 Å². The van der Waals surface area contributed by atoms with Crippen LogP contribution in [0.25, 0.3) is 11.0 Å². The number of anilines is 1. The Morgan fingerprint density at radius 3 is 2.72 bits per heavy atom. The number of nitrogens with two attached hydrogens (primary N) is 1. The summed E-state index contributed by atoms with van der Waals surface area (Å²) in [5.41, 5.74) is 7.00. The molecule has 2 aromatic rings. The van der Waals surface area contributed by atoms with Crippen molar-refractivity contribution >= 4 is 28.5 Å². The molecule has 3 heterocycles. The Labute approximate surface area is 172 Å². The van der Waals surface area contributed by atoms with E-state index in [0.717, 1.165) is 29.8 Å². The smallest absolute Gasteiger partial charge is 0.331 e. The van der Waals surface area contributed by atoms with Crippen molar-refractivity contribution in [1.82, 2.24) is 13.7 Å². The molecule has 0 aromatic carbocycles. The molecule has 4 rings (SSSR count). The molecule has 2 aliphatic rings. The normalized spacial score (nSPS) is 20.5. The van der Waals surface area contributed by atoms with Crippen LogP contribution in [-0.4, -0.2) is 32.8 Å². The summed E-state index contributed by atoms with van der Waals surface area (Å²) in [5, 5.41) is 0.594. The predicted molar refractivity (Wildman–Crippen MR) is 113 cm³/mol. The predicted octanol–water partition coefficient (Wildman–Crippen LogP) is 2.11. The van der Waals surface area contributed by atoms with E-state index in [0.29, 0.717) is 41.0 Å². The van der Waals surface area contributed by atoms with Crippen LogP contribution in [0.3, 0.4) is 0 Å². The molecule has 1 aliphatic heterocycles. The summed E-state index contributed by atoms with van der Waals surface area (Å²) >= 11 is 6.39. The Kier molecular flexibility index (Phi) is 5.16. The Balaban J connectivity index is 1.96. The van der Waals surface area contributed by atoms with E-state index < -0.39 is 0 Å². The van der Waals surface area contributed by atoms with Gasteiger partial charge in [0.05, 0.1) is 12.1 Å². The second-order valence-corrected chi connectivity index (χ2v) is 8.35. The first-order valence-corrected chi connectivity index (χ1v) is 10.2. The Bertz CT molecular complexity index is 1160. The maximum absolute atomic E-state index is 13.9. The van der Waals surface area contributed by atoms with E-state index in [2.05, 4.69) is 4.90 Å². The van der Waals surface area contributed by atoms with Gasteiger partial charge in [0, 0.05) is 50.7 Å². The van der Waals surface area contributed by atoms with E-state index in [4.69, 9.17) is 17.3 Å². The molecule has 1 saturated heterocycles. The average Bonchev–Trinajstić information content (AvgIpc) is 3.07. The minimum atomic E-state index is -0.387. The summed E-state index contributed by atoms with van der Waals surface area (Å²) < 4.78 is 18.3. The van der Waals surface area contributed by atoms with Crippen LogP contribution in [-0.2, 0) is 20.6 Å². The molecule has 0 radical (unpaired) electrons. The Morgan fingerprint density at radius 2 is 2.00 bits per heavy atom. The molecule has 1 aliphatic carbocycles. The third-order valence-electron chi connectivity index (χ3n) is 5.87. The van der Waals surface area contributed by atoms with Gasteiger partial charge in [-0.1, -0.05) is 11.6 Å². The lowest BCUT2D eigenvalue weighted by Gasteiger charge is -2.33. The SMILES string of the molecule is Cn1c(=O)c2c(cc(N3CCC[C@@H](N)C3)n2CC2=C(Cl)CCC(F)=C2)n(C)c1=O. The molecule has 1 fully saturated rings. The molecule has 0 saturated carbocycles. The minimum Gasteiger partial charge on any atom is -0.356 e. The molecule has 9 heteroatoms. The first-order chi connectivity index (χ1) is 13.8. The summed E-state index contributed by atoms with van der Waals surface area (Å²) in [6.07, 6.45) is 4.08. The van der Waals surface area contributed by atoms with Crippen LogP contribution < -0.4 is 21.9 Å². The van der Waals surface area contributed by atoms with E-state index >= 15 is 0 Å². The van der Waals surface area contributed by atoms with Crippen LogP contribution in [0, 0.1) is 0 Å². The standard InChI is InChI=1S/C20H25ClFN5O2/c1-24-16-9-17(26-7-3-4-14(23)11-26)27(18(16)19(28)25(2)20(24)29)10-12-8-13(22)5-6-15(12)21/h8-9,14H,3-7,10-11,23H2,1-2H3/t14-/m1/s1. The number of halogens is 2. The van der Waals surface area contributed by atoms with Gasteiger partial charge in [-0.3, -0.25) is 13.9 Å².